The number of H-pyrrole nitrogens is 1. The summed E-state index contributed by atoms with van der Waals surface area (Å²) >= 11 is 12.5. The van der Waals surface area contributed by atoms with Crippen LogP contribution in [0.2, 0.25) is 10.0 Å². The molecule has 0 spiro atoms. The van der Waals surface area contributed by atoms with Crippen molar-refractivity contribution >= 4 is 34.8 Å². The Kier molecular flexibility index (Phi) is 5.70. The quantitative estimate of drug-likeness (QED) is 0.418. The van der Waals surface area contributed by atoms with Gasteiger partial charge in [0.2, 0.25) is 5.88 Å². The number of rotatable bonds is 5. The molecule has 0 saturated heterocycles. The zero-order chi connectivity index (χ0) is 21.1. The highest BCUT2D eigenvalue weighted by Crippen LogP contribution is 2.31. The fourth-order valence-corrected chi connectivity index (χ4v) is 3.31. The predicted octanol–water partition coefficient (Wildman–Crippen LogP) is 5.71. The third-order valence-electron chi connectivity index (χ3n) is 4.42. The molecule has 0 saturated carbocycles. The van der Waals surface area contributed by atoms with E-state index in [2.05, 4.69) is 20.3 Å². The van der Waals surface area contributed by atoms with Gasteiger partial charge in [0.05, 0.1) is 40.8 Å². The van der Waals surface area contributed by atoms with E-state index in [1.807, 2.05) is 30.3 Å². The van der Waals surface area contributed by atoms with Gasteiger partial charge in [-0.05, 0) is 23.8 Å². The molecular formula is C22H16Cl2N4O2. The van der Waals surface area contributed by atoms with Crippen molar-refractivity contribution in [2.45, 2.75) is 0 Å². The van der Waals surface area contributed by atoms with Crippen LogP contribution in [0.3, 0.4) is 0 Å². The monoisotopic (exact) mass is 438 g/mol. The number of hydrogen-bond acceptors (Lipinski definition) is 4. The van der Waals surface area contributed by atoms with E-state index in [0.717, 1.165) is 11.3 Å². The molecule has 1 amide bonds. The molecule has 30 heavy (non-hydrogen) atoms. The number of anilines is 1. The Hall–Kier alpha value is -3.35. The van der Waals surface area contributed by atoms with Gasteiger partial charge in [0.25, 0.3) is 5.91 Å². The second-order valence-corrected chi connectivity index (χ2v) is 7.18. The summed E-state index contributed by atoms with van der Waals surface area (Å²) in [5.74, 6) is 0.502. The van der Waals surface area contributed by atoms with Gasteiger partial charge < -0.3 is 15.0 Å². The number of pyridine rings is 1. The molecule has 4 rings (SSSR count). The standard InChI is InChI=1S/C22H16Cl2N4O2/c1-30-20-10-16(18(24)11-25-20)22(29)27-14-7-8-17(23)15(9-14)21-26-12-19(28-21)13-5-3-2-4-6-13/h2-12H,1H3,(H,26,28)(H,27,29). The normalized spacial score (nSPS) is 10.6. The minimum absolute atomic E-state index is 0.223. The second-order valence-electron chi connectivity index (χ2n) is 6.37. The summed E-state index contributed by atoms with van der Waals surface area (Å²) in [5.41, 5.74) is 3.34. The Labute approximate surface area is 182 Å². The Morgan fingerprint density at radius 1 is 1.00 bits per heavy atom. The van der Waals surface area contributed by atoms with Crippen LogP contribution in [0, 0.1) is 0 Å². The van der Waals surface area contributed by atoms with Crippen LogP contribution in [0.15, 0.2) is 67.0 Å². The Balaban J connectivity index is 1.61. The van der Waals surface area contributed by atoms with Gasteiger partial charge in [0.15, 0.2) is 0 Å². The highest BCUT2D eigenvalue weighted by atomic mass is 35.5. The minimum Gasteiger partial charge on any atom is -0.481 e. The van der Waals surface area contributed by atoms with Gasteiger partial charge in [0, 0.05) is 17.3 Å². The summed E-state index contributed by atoms with van der Waals surface area (Å²) < 4.78 is 5.06. The fraction of sp³-hybridized carbons (Fsp3) is 0.0455. The number of nitrogens with zero attached hydrogens (tertiary/aromatic N) is 2. The molecule has 0 unspecified atom stereocenters. The van der Waals surface area contributed by atoms with Crippen LogP contribution in [0.25, 0.3) is 22.6 Å². The number of nitrogens with one attached hydrogen (secondary N) is 2. The number of halogens is 2. The van der Waals surface area contributed by atoms with Crippen molar-refractivity contribution in [3.05, 3.63) is 82.6 Å². The average molecular weight is 439 g/mol. The topological polar surface area (TPSA) is 79.9 Å². The lowest BCUT2D eigenvalue weighted by molar-refractivity contribution is 0.102. The SMILES string of the molecule is COc1cc(C(=O)Nc2ccc(Cl)c(-c3ncc(-c4ccccc4)[nH]3)c2)c(Cl)cn1. The zero-order valence-electron chi connectivity index (χ0n) is 15.8. The van der Waals surface area contributed by atoms with Crippen LogP contribution in [0.4, 0.5) is 5.69 Å². The smallest absolute Gasteiger partial charge is 0.257 e. The van der Waals surface area contributed by atoms with Gasteiger partial charge in [-0.2, -0.15) is 0 Å². The van der Waals surface area contributed by atoms with E-state index >= 15 is 0 Å². The molecule has 0 bridgehead atoms. The van der Waals surface area contributed by atoms with Gasteiger partial charge in [-0.15, -0.1) is 0 Å². The molecule has 150 valence electrons. The van der Waals surface area contributed by atoms with Crippen LogP contribution in [-0.2, 0) is 0 Å². The Morgan fingerprint density at radius 2 is 1.80 bits per heavy atom. The van der Waals surface area contributed by atoms with E-state index in [1.54, 1.807) is 24.4 Å². The molecular weight excluding hydrogens is 423 g/mol. The number of hydrogen-bond donors (Lipinski definition) is 2. The van der Waals surface area contributed by atoms with Crippen LogP contribution in [0.5, 0.6) is 5.88 Å². The predicted molar refractivity (Wildman–Crippen MR) is 118 cm³/mol. The number of aromatic nitrogens is 3. The van der Waals surface area contributed by atoms with E-state index in [9.17, 15) is 4.79 Å². The maximum absolute atomic E-state index is 12.7. The first-order valence-electron chi connectivity index (χ1n) is 8.96. The minimum atomic E-state index is -0.390. The molecule has 0 radical (unpaired) electrons. The van der Waals surface area contributed by atoms with Crippen LogP contribution >= 0.6 is 23.2 Å². The molecule has 0 aliphatic heterocycles. The summed E-state index contributed by atoms with van der Waals surface area (Å²) in [5, 5.41) is 3.55. The zero-order valence-corrected chi connectivity index (χ0v) is 17.3. The van der Waals surface area contributed by atoms with Crippen molar-refractivity contribution in [3.8, 4) is 28.5 Å². The highest BCUT2D eigenvalue weighted by molar-refractivity contribution is 6.34. The summed E-state index contributed by atoms with van der Waals surface area (Å²) in [6.07, 6.45) is 3.12. The fourth-order valence-electron chi connectivity index (χ4n) is 2.91. The molecule has 2 aromatic carbocycles. The maximum atomic E-state index is 12.7. The van der Waals surface area contributed by atoms with Gasteiger partial charge in [-0.1, -0.05) is 53.5 Å². The molecule has 6 nitrogen and oxygen atoms in total. The van der Waals surface area contributed by atoms with Crippen molar-refractivity contribution in [2.24, 2.45) is 0 Å². The molecule has 2 aromatic heterocycles. The van der Waals surface area contributed by atoms with Gasteiger partial charge in [-0.25, -0.2) is 9.97 Å². The summed E-state index contributed by atoms with van der Waals surface area (Å²) in [6, 6.07) is 16.5. The van der Waals surface area contributed by atoms with E-state index in [1.165, 1.54) is 19.4 Å². The average Bonchev–Trinajstić information content (AvgIpc) is 3.26. The van der Waals surface area contributed by atoms with E-state index < -0.39 is 5.91 Å². The largest absolute Gasteiger partial charge is 0.481 e. The molecule has 8 heteroatoms. The molecule has 0 aliphatic rings. The summed E-state index contributed by atoms with van der Waals surface area (Å²) in [6.45, 7) is 0. The number of carbonyl (C=O) groups is 1. The van der Waals surface area contributed by atoms with Gasteiger partial charge >= 0.3 is 0 Å². The number of imidazole rings is 1. The number of methoxy groups -OCH3 is 1. The lowest BCUT2D eigenvalue weighted by Crippen LogP contribution is -2.13. The van der Waals surface area contributed by atoms with Crippen LogP contribution in [-0.4, -0.2) is 28.0 Å². The van der Waals surface area contributed by atoms with Crippen LogP contribution < -0.4 is 10.1 Å². The number of aromatic amines is 1. The second kappa shape index (κ2) is 8.57. The third-order valence-corrected chi connectivity index (χ3v) is 5.05. The first-order valence-corrected chi connectivity index (χ1v) is 9.72. The molecule has 2 N–H and O–H groups in total. The van der Waals surface area contributed by atoms with E-state index in [-0.39, 0.29) is 10.6 Å². The summed E-state index contributed by atoms with van der Waals surface area (Å²) in [4.78, 5) is 24.4. The molecule has 4 aromatic rings. The number of ether oxygens (including phenoxy) is 1. The Morgan fingerprint density at radius 3 is 2.57 bits per heavy atom. The van der Waals surface area contributed by atoms with Crippen molar-refractivity contribution < 1.29 is 9.53 Å². The maximum Gasteiger partial charge on any atom is 0.257 e. The lowest BCUT2D eigenvalue weighted by Gasteiger charge is -2.10. The van der Waals surface area contributed by atoms with Crippen molar-refractivity contribution in [1.29, 1.82) is 0 Å². The van der Waals surface area contributed by atoms with Gasteiger partial charge in [-0.3, -0.25) is 4.79 Å². The highest BCUT2D eigenvalue weighted by Gasteiger charge is 2.15. The van der Waals surface area contributed by atoms with Crippen molar-refractivity contribution in [2.75, 3.05) is 12.4 Å². The van der Waals surface area contributed by atoms with Gasteiger partial charge in [0.1, 0.15) is 5.82 Å². The first kappa shape index (κ1) is 19.9. The number of benzene rings is 2. The van der Waals surface area contributed by atoms with E-state index in [0.29, 0.717) is 28.0 Å². The summed E-state index contributed by atoms with van der Waals surface area (Å²) in [7, 11) is 1.47. The molecule has 0 aliphatic carbocycles. The number of amides is 1. The first-order chi connectivity index (χ1) is 14.5. The lowest BCUT2D eigenvalue weighted by atomic mass is 10.1. The van der Waals surface area contributed by atoms with Crippen molar-refractivity contribution in [3.63, 3.8) is 0 Å². The van der Waals surface area contributed by atoms with E-state index in [4.69, 9.17) is 27.9 Å². The van der Waals surface area contributed by atoms with Crippen molar-refractivity contribution in [1.82, 2.24) is 15.0 Å². The molecule has 0 fully saturated rings. The number of carbonyl (C=O) groups excluding carboxylic acids is 1. The third kappa shape index (κ3) is 4.15. The Bertz CT molecular complexity index is 1210. The molecule has 0 atom stereocenters. The van der Waals surface area contributed by atoms with Crippen LogP contribution in [0.1, 0.15) is 10.4 Å². The molecule has 2 heterocycles.